The van der Waals surface area contributed by atoms with E-state index in [1.165, 1.54) is 12.1 Å². The van der Waals surface area contributed by atoms with Gasteiger partial charge in [0, 0.05) is 12.1 Å². The number of halogens is 2. The van der Waals surface area contributed by atoms with Gasteiger partial charge in [0.1, 0.15) is 10.3 Å². The van der Waals surface area contributed by atoms with Crippen molar-refractivity contribution in [2.75, 3.05) is 19.7 Å². The van der Waals surface area contributed by atoms with Crippen LogP contribution >= 0.6 is 23.2 Å². The van der Waals surface area contributed by atoms with Crippen molar-refractivity contribution in [3.05, 3.63) is 28.0 Å². The van der Waals surface area contributed by atoms with Crippen molar-refractivity contribution in [3.63, 3.8) is 0 Å². The first-order valence-corrected chi connectivity index (χ1v) is 5.99. The summed E-state index contributed by atoms with van der Waals surface area (Å²) in [6.45, 7) is 1.03. The first kappa shape index (κ1) is 13.1. The SMILES string of the molecule is N#CC1CN(C(=O)c2cc(Cl)nc(Cl)c2)CCO1. The van der Waals surface area contributed by atoms with Gasteiger partial charge in [-0.15, -0.1) is 0 Å². The molecular formula is C11H9Cl2N3O2. The molecule has 0 aliphatic carbocycles. The van der Waals surface area contributed by atoms with Crippen molar-refractivity contribution in [2.24, 2.45) is 0 Å². The van der Waals surface area contributed by atoms with E-state index in [0.717, 1.165) is 0 Å². The van der Waals surface area contributed by atoms with E-state index in [9.17, 15) is 4.79 Å². The van der Waals surface area contributed by atoms with Crippen LogP contribution in [0.3, 0.4) is 0 Å². The molecule has 0 N–H and O–H groups in total. The quantitative estimate of drug-likeness (QED) is 0.738. The smallest absolute Gasteiger partial charge is 0.254 e. The van der Waals surface area contributed by atoms with Gasteiger partial charge in [-0.1, -0.05) is 23.2 Å². The van der Waals surface area contributed by atoms with Gasteiger partial charge in [-0.05, 0) is 12.1 Å². The first-order chi connectivity index (χ1) is 8.60. The van der Waals surface area contributed by atoms with Gasteiger partial charge in [0.15, 0.2) is 6.10 Å². The minimum absolute atomic E-state index is 0.163. The van der Waals surface area contributed by atoms with Gasteiger partial charge in [-0.3, -0.25) is 4.79 Å². The van der Waals surface area contributed by atoms with Crippen molar-refractivity contribution in [1.29, 1.82) is 5.26 Å². The summed E-state index contributed by atoms with van der Waals surface area (Å²) in [6, 6.07) is 4.88. The van der Waals surface area contributed by atoms with Crippen LogP contribution in [0.15, 0.2) is 12.1 Å². The van der Waals surface area contributed by atoms with Gasteiger partial charge >= 0.3 is 0 Å². The summed E-state index contributed by atoms with van der Waals surface area (Å²) in [5, 5.41) is 9.11. The minimum atomic E-state index is -0.588. The molecule has 1 aliphatic heterocycles. The predicted molar refractivity (Wildman–Crippen MR) is 65.5 cm³/mol. The molecule has 1 unspecified atom stereocenters. The van der Waals surface area contributed by atoms with Crippen LogP contribution in [0.5, 0.6) is 0 Å². The number of hydrogen-bond acceptors (Lipinski definition) is 4. The van der Waals surface area contributed by atoms with E-state index in [-0.39, 0.29) is 22.8 Å². The van der Waals surface area contributed by atoms with Crippen LogP contribution in [-0.4, -0.2) is 41.6 Å². The summed E-state index contributed by atoms with van der Waals surface area (Å²) in [7, 11) is 0. The maximum absolute atomic E-state index is 12.2. The van der Waals surface area contributed by atoms with Crippen LogP contribution in [0.4, 0.5) is 0 Å². The highest BCUT2D eigenvalue weighted by Crippen LogP contribution is 2.17. The number of pyridine rings is 1. The number of ether oxygens (including phenoxy) is 1. The number of nitriles is 1. The molecule has 94 valence electrons. The molecular weight excluding hydrogens is 277 g/mol. The predicted octanol–water partition coefficient (Wildman–Crippen LogP) is 1.75. The lowest BCUT2D eigenvalue weighted by Crippen LogP contribution is -2.45. The Bertz CT molecular complexity index is 495. The molecule has 1 amide bonds. The summed E-state index contributed by atoms with van der Waals surface area (Å²) < 4.78 is 5.17. The van der Waals surface area contributed by atoms with Crippen LogP contribution in [0.2, 0.25) is 10.3 Å². The molecule has 1 aromatic rings. The van der Waals surface area contributed by atoms with E-state index in [1.54, 1.807) is 4.90 Å². The monoisotopic (exact) mass is 285 g/mol. The van der Waals surface area contributed by atoms with E-state index < -0.39 is 6.10 Å². The standard InChI is InChI=1S/C11H9Cl2N3O2/c12-9-3-7(4-10(13)15-9)11(17)16-1-2-18-8(5-14)6-16/h3-4,8H,1-2,6H2. The molecule has 0 spiro atoms. The van der Waals surface area contributed by atoms with Gasteiger partial charge in [0.05, 0.1) is 19.2 Å². The molecule has 7 heteroatoms. The summed E-state index contributed by atoms with van der Waals surface area (Å²) in [5.74, 6) is -0.232. The summed E-state index contributed by atoms with van der Waals surface area (Å²) in [4.78, 5) is 17.5. The lowest BCUT2D eigenvalue weighted by atomic mass is 10.2. The van der Waals surface area contributed by atoms with Crippen molar-refractivity contribution in [1.82, 2.24) is 9.88 Å². The molecule has 1 saturated heterocycles. The van der Waals surface area contributed by atoms with Crippen molar-refractivity contribution < 1.29 is 9.53 Å². The molecule has 18 heavy (non-hydrogen) atoms. The highest BCUT2D eigenvalue weighted by atomic mass is 35.5. The molecule has 1 aliphatic rings. The van der Waals surface area contributed by atoms with Gasteiger partial charge in [-0.25, -0.2) is 4.98 Å². The zero-order valence-electron chi connectivity index (χ0n) is 9.27. The second kappa shape index (κ2) is 5.53. The van der Waals surface area contributed by atoms with E-state index >= 15 is 0 Å². The molecule has 2 heterocycles. The molecule has 0 saturated carbocycles. The van der Waals surface area contributed by atoms with Crippen LogP contribution in [0.1, 0.15) is 10.4 Å². The zero-order valence-corrected chi connectivity index (χ0v) is 10.8. The fourth-order valence-corrected chi connectivity index (χ4v) is 2.14. The second-order valence-corrected chi connectivity index (χ2v) is 4.52. The fourth-order valence-electron chi connectivity index (χ4n) is 1.68. The highest BCUT2D eigenvalue weighted by Gasteiger charge is 2.25. The second-order valence-electron chi connectivity index (χ2n) is 3.74. The Morgan fingerprint density at radius 2 is 2.17 bits per heavy atom. The minimum Gasteiger partial charge on any atom is -0.360 e. The van der Waals surface area contributed by atoms with Gasteiger partial charge < -0.3 is 9.64 Å². The highest BCUT2D eigenvalue weighted by molar-refractivity contribution is 6.33. The van der Waals surface area contributed by atoms with Crippen LogP contribution in [0, 0.1) is 11.3 Å². The van der Waals surface area contributed by atoms with E-state index in [0.29, 0.717) is 18.7 Å². The molecule has 1 aromatic heterocycles. The largest absolute Gasteiger partial charge is 0.360 e. The molecule has 0 bridgehead atoms. The third kappa shape index (κ3) is 2.91. The summed E-state index contributed by atoms with van der Waals surface area (Å²) >= 11 is 11.5. The topological polar surface area (TPSA) is 66.2 Å². The van der Waals surface area contributed by atoms with Crippen molar-refractivity contribution in [2.45, 2.75) is 6.10 Å². The third-order valence-electron chi connectivity index (χ3n) is 2.51. The Labute approximate surface area is 114 Å². The van der Waals surface area contributed by atoms with Crippen LogP contribution < -0.4 is 0 Å². The molecule has 2 rings (SSSR count). The molecule has 1 fully saturated rings. The normalized spacial score (nSPS) is 19.4. The number of aromatic nitrogens is 1. The Balaban J connectivity index is 2.18. The number of morpholine rings is 1. The van der Waals surface area contributed by atoms with E-state index in [1.807, 2.05) is 6.07 Å². The number of rotatable bonds is 1. The van der Waals surface area contributed by atoms with Gasteiger partial charge in [-0.2, -0.15) is 5.26 Å². The third-order valence-corrected chi connectivity index (χ3v) is 2.89. The Kier molecular flexibility index (Phi) is 4.02. The Hall–Kier alpha value is -1.35. The average Bonchev–Trinajstić information content (AvgIpc) is 2.37. The number of carbonyl (C=O) groups excluding carboxylic acids is 1. The van der Waals surface area contributed by atoms with Crippen LogP contribution in [-0.2, 0) is 4.74 Å². The zero-order chi connectivity index (χ0) is 13.1. The molecule has 1 atom stereocenters. The van der Waals surface area contributed by atoms with Crippen molar-refractivity contribution >= 4 is 29.1 Å². The summed E-state index contributed by atoms with van der Waals surface area (Å²) in [6.07, 6.45) is -0.588. The van der Waals surface area contributed by atoms with Gasteiger partial charge in [0.2, 0.25) is 0 Å². The number of amides is 1. The number of nitrogens with zero attached hydrogens (tertiary/aromatic N) is 3. The van der Waals surface area contributed by atoms with E-state index in [2.05, 4.69) is 4.98 Å². The van der Waals surface area contributed by atoms with Crippen LogP contribution in [0.25, 0.3) is 0 Å². The maximum atomic E-state index is 12.2. The average molecular weight is 286 g/mol. The summed E-state index contributed by atoms with van der Waals surface area (Å²) in [5.41, 5.74) is 0.360. The Morgan fingerprint density at radius 3 is 2.78 bits per heavy atom. The lowest BCUT2D eigenvalue weighted by Gasteiger charge is -2.29. The first-order valence-electron chi connectivity index (χ1n) is 5.23. The maximum Gasteiger partial charge on any atom is 0.254 e. The molecule has 0 radical (unpaired) electrons. The fraction of sp³-hybridized carbons (Fsp3) is 0.364. The molecule has 5 nitrogen and oxygen atoms in total. The van der Waals surface area contributed by atoms with E-state index in [4.69, 9.17) is 33.2 Å². The number of hydrogen-bond donors (Lipinski definition) is 0. The number of carbonyl (C=O) groups is 1. The van der Waals surface area contributed by atoms with Crippen molar-refractivity contribution in [3.8, 4) is 6.07 Å². The molecule has 0 aromatic carbocycles. The van der Waals surface area contributed by atoms with Gasteiger partial charge in [0.25, 0.3) is 5.91 Å². The lowest BCUT2D eigenvalue weighted by molar-refractivity contribution is 0.00346. The Morgan fingerprint density at radius 1 is 1.50 bits per heavy atom.